The molecule has 2 aliphatic heterocycles. The van der Waals surface area contributed by atoms with Crippen molar-refractivity contribution in [1.29, 1.82) is 5.41 Å². The molecule has 0 radical (unpaired) electrons. The number of piperidine rings is 2. The first kappa shape index (κ1) is 36.4. The Balaban J connectivity index is 1.39. The van der Waals surface area contributed by atoms with Crippen LogP contribution in [0.3, 0.4) is 0 Å². The number of benzene rings is 2. The summed E-state index contributed by atoms with van der Waals surface area (Å²) in [6.07, 6.45) is 7.59. The van der Waals surface area contributed by atoms with E-state index < -0.39 is 12.1 Å². The number of amides is 3. The largest absolute Gasteiger partial charge is 0.384 e. The summed E-state index contributed by atoms with van der Waals surface area (Å²) >= 11 is 1.52. The minimum Gasteiger partial charge on any atom is -0.384 e. The van der Waals surface area contributed by atoms with Crippen LogP contribution in [-0.4, -0.2) is 66.7 Å². The number of nitrogen functional groups attached to an aromatic ring is 1. The van der Waals surface area contributed by atoms with Gasteiger partial charge < -0.3 is 26.6 Å². The van der Waals surface area contributed by atoms with Gasteiger partial charge in [-0.25, -0.2) is 0 Å². The maximum absolute atomic E-state index is 13.9. The average Bonchev–Trinajstić information content (AvgIpc) is 3.11. The van der Waals surface area contributed by atoms with E-state index in [1.807, 2.05) is 42.2 Å². The van der Waals surface area contributed by atoms with Gasteiger partial charge in [-0.05, 0) is 87.4 Å². The fraction of sp³-hybridized carbons (Fsp3) is 0.556. The zero-order chi connectivity index (χ0) is 33.4. The molecule has 0 aromatic heterocycles. The van der Waals surface area contributed by atoms with Crippen LogP contribution in [0.2, 0.25) is 0 Å². The molecule has 2 aromatic rings. The number of nitrogens with two attached hydrogens (primary N) is 1. The van der Waals surface area contributed by atoms with E-state index in [4.69, 9.17) is 11.1 Å². The van der Waals surface area contributed by atoms with Crippen LogP contribution in [0.4, 0.5) is 0 Å². The first-order chi connectivity index (χ1) is 22.8. The van der Waals surface area contributed by atoms with E-state index in [1.165, 1.54) is 17.5 Å². The molecule has 2 atom stereocenters. The van der Waals surface area contributed by atoms with Gasteiger partial charge in [0.15, 0.2) is 0 Å². The van der Waals surface area contributed by atoms with E-state index in [9.17, 15) is 14.4 Å². The Bertz CT molecular complexity index is 1280. The third kappa shape index (κ3) is 12.3. The van der Waals surface area contributed by atoms with Crippen molar-refractivity contribution in [2.75, 3.05) is 26.2 Å². The Hall–Kier alpha value is -3.41. The second kappa shape index (κ2) is 19.4. The third-order valence-electron chi connectivity index (χ3n) is 9.44. The summed E-state index contributed by atoms with van der Waals surface area (Å²) in [7, 11) is 0. The number of nitrogens with one attached hydrogen (secondary N) is 5. The highest BCUT2D eigenvalue weighted by molar-refractivity contribution is 7.96. The number of nitrogens with zero attached hydrogens (tertiary/aromatic N) is 1. The molecule has 2 heterocycles. The van der Waals surface area contributed by atoms with Gasteiger partial charge in [-0.15, -0.1) is 0 Å². The Kier molecular flexibility index (Phi) is 15.1. The van der Waals surface area contributed by atoms with Crippen molar-refractivity contribution in [3.8, 4) is 0 Å². The lowest BCUT2D eigenvalue weighted by Gasteiger charge is -2.32. The summed E-state index contributed by atoms with van der Waals surface area (Å²) in [5, 5.41) is 17.2. The van der Waals surface area contributed by atoms with E-state index >= 15 is 0 Å². The molecule has 2 fully saturated rings. The van der Waals surface area contributed by atoms with Crippen LogP contribution in [0, 0.1) is 17.2 Å². The normalized spacial score (nSPS) is 17.1. The Morgan fingerprint density at radius 1 is 0.894 bits per heavy atom. The number of hydrogen-bond acceptors (Lipinski definition) is 7. The molecular formula is C36H53N7O3S. The zero-order valence-electron chi connectivity index (χ0n) is 27.8. The fourth-order valence-electron chi connectivity index (χ4n) is 6.37. The van der Waals surface area contributed by atoms with Crippen LogP contribution in [0.25, 0.3) is 0 Å². The van der Waals surface area contributed by atoms with Crippen LogP contribution in [0.5, 0.6) is 0 Å². The average molecular weight is 664 g/mol. The fourth-order valence-corrected chi connectivity index (χ4v) is 7.24. The van der Waals surface area contributed by atoms with E-state index in [0.29, 0.717) is 43.2 Å². The molecule has 2 unspecified atom stereocenters. The van der Waals surface area contributed by atoms with E-state index in [2.05, 4.69) is 32.8 Å². The smallest absolute Gasteiger partial charge is 0.242 e. The van der Waals surface area contributed by atoms with Crippen LogP contribution in [0.1, 0.15) is 81.4 Å². The molecule has 0 bridgehead atoms. The molecule has 2 saturated heterocycles. The van der Waals surface area contributed by atoms with Gasteiger partial charge in [0.1, 0.15) is 11.9 Å². The lowest BCUT2D eigenvalue weighted by molar-refractivity contribution is -0.132. The molecule has 2 aromatic carbocycles. The first-order valence-electron chi connectivity index (χ1n) is 17.2. The third-order valence-corrected chi connectivity index (χ3v) is 10.4. The summed E-state index contributed by atoms with van der Waals surface area (Å²) in [6.45, 7) is 5.76. The minimum atomic E-state index is -0.638. The molecule has 3 amide bonds. The van der Waals surface area contributed by atoms with Crippen molar-refractivity contribution in [1.82, 2.24) is 25.6 Å². The summed E-state index contributed by atoms with van der Waals surface area (Å²) in [5.41, 5.74) is 8.29. The van der Waals surface area contributed by atoms with Crippen molar-refractivity contribution in [2.45, 2.75) is 89.1 Å². The van der Waals surface area contributed by atoms with Gasteiger partial charge >= 0.3 is 0 Å². The standard InChI is InChI=1S/C36H53N7O3S/c1-2-33(44)43-22-18-27(19-23-43)11-15-32(42-47-25-29-6-4-3-5-7-29)36(46)41-31(14-10-26-16-20-39-21-17-26)35(45)40-24-28-8-12-30(13-9-28)34(37)38/h3-9,12-13,26-27,31-32,39,42H,2,10-11,14-25H2,1H3,(H3,37,38)(H,40,45)(H,41,46). The molecule has 0 aliphatic carbocycles. The molecule has 0 saturated carbocycles. The lowest BCUT2D eigenvalue weighted by Crippen LogP contribution is -2.52. The van der Waals surface area contributed by atoms with Gasteiger partial charge in [0.05, 0.1) is 6.04 Å². The van der Waals surface area contributed by atoms with Gasteiger partial charge in [0, 0.05) is 37.4 Å². The summed E-state index contributed by atoms with van der Waals surface area (Å²) in [5.74, 6) is 1.59. The molecule has 4 rings (SSSR count). The van der Waals surface area contributed by atoms with E-state index in [-0.39, 0.29) is 23.6 Å². The van der Waals surface area contributed by atoms with E-state index in [0.717, 1.165) is 76.0 Å². The molecule has 7 N–H and O–H groups in total. The quantitative estimate of drug-likeness (QED) is 0.0848. The molecule has 11 heteroatoms. The molecule has 2 aliphatic rings. The Labute approximate surface area is 284 Å². The number of rotatable bonds is 17. The highest BCUT2D eigenvalue weighted by Gasteiger charge is 2.29. The second-order valence-corrected chi connectivity index (χ2v) is 13.7. The summed E-state index contributed by atoms with van der Waals surface area (Å²) in [4.78, 5) is 41.6. The molecule has 10 nitrogen and oxygen atoms in total. The molecule has 0 spiro atoms. The van der Waals surface area contributed by atoms with Crippen molar-refractivity contribution in [2.24, 2.45) is 17.6 Å². The van der Waals surface area contributed by atoms with Crippen LogP contribution >= 0.6 is 11.9 Å². The SMILES string of the molecule is CCC(=O)N1CCC(CCC(NSCc2ccccc2)C(=O)NC(CCC2CCNCC2)C(=O)NCc2ccc(C(=N)N)cc2)CC1. The molecule has 47 heavy (non-hydrogen) atoms. The first-order valence-corrected chi connectivity index (χ1v) is 18.2. The summed E-state index contributed by atoms with van der Waals surface area (Å²) < 4.78 is 3.44. The van der Waals surface area contributed by atoms with Gasteiger partial charge in [-0.1, -0.05) is 73.5 Å². The van der Waals surface area contributed by atoms with Crippen molar-refractivity contribution in [3.63, 3.8) is 0 Å². The maximum atomic E-state index is 13.9. The van der Waals surface area contributed by atoms with Gasteiger partial charge in [0.2, 0.25) is 17.7 Å². The number of amidine groups is 1. The molecule has 256 valence electrons. The van der Waals surface area contributed by atoms with Crippen LogP contribution < -0.4 is 26.4 Å². The van der Waals surface area contributed by atoms with Crippen LogP contribution in [0.15, 0.2) is 54.6 Å². The number of carbonyl (C=O) groups is 3. The monoisotopic (exact) mass is 663 g/mol. The molecular weight excluding hydrogens is 611 g/mol. The number of carbonyl (C=O) groups excluding carboxylic acids is 3. The highest BCUT2D eigenvalue weighted by atomic mass is 32.2. The summed E-state index contributed by atoms with van der Waals surface area (Å²) in [6, 6.07) is 16.3. The Morgan fingerprint density at radius 3 is 2.17 bits per heavy atom. The Morgan fingerprint density at radius 2 is 1.53 bits per heavy atom. The van der Waals surface area contributed by atoms with E-state index in [1.54, 1.807) is 12.1 Å². The second-order valence-electron chi connectivity index (χ2n) is 12.9. The van der Waals surface area contributed by atoms with Crippen molar-refractivity contribution >= 4 is 35.5 Å². The van der Waals surface area contributed by atoms with Crippen LogP contribution in [-0.2, 0) is 26.7 Å². The maximum Gasteiger partial charge on any atom is 0.242 e. The van der Waals surface area contributed by atoms with Gasteiger partial charge in [-0.3, -0.25) is 24.5 Å². The van der Waals surface area contributed by atoms with Crippen molar-refractivity contribution < 1.29 is 14.4 Å². The topological polar surface area (TPSA) is 152 Å². The van der Waals surface area contributed by atoms with Crippen molar-refractivity contribution in [3.05, 3.63) is 71.3 Å². The number of likely N-dealkylation sites (tertiary alicyclic amines) is 1. The zero-order valence-corrected chi connectivity index (χ0v) is 28.6. The van der Waals surface area contributed by atoms with Gasteiger partial charge in [0.25, 0.3) is 0 Å². The van der Waals surface area contributed by atoms with Gasteiger partial charge in [-0.2, -0.15) is 0 Å². The predicted octanol–water partition coefficient (Wildman–Crippen LogP) is 4.09. The highest BCUT2D eigenvalue weighted by Crippen LogP contribution is 2.24. The minimum absolute atomic E-state index is 0.00317. The number of hydrogen-bond donors (Lipinski definition) is 6. The lowest BCUT2D eigenvalue weighted by atomic mass is 9.90. The predicted molar refractivity (Wildman–Crippen MR) is 190 cm³/mol.